The van der Waals surface area contributed by atoms with Crippen LogP contribution in [0.15, 0.2) is 77.2 Å². The molecule has 0 aliphatic rings. The molecule has 2 aromatic carbocycles. The third-order valence-corrected chi connectivity index (χ3v) is 4.94. The van der Waals surface area contributed by atoms with Gasteiger partial charge in [-0.15, -0.1) is 11.3 Å². The van der Waals surface area contributed by atoms with Crippen molar-refractivity contribution in [3.63, 3.8) is 0 Å². The number of nitrogens with one attached hydrogen (secondary N) is 1. The molecule has 5 nitrogen and oxygen atoms in total. The van der Waals surface area contributed by atoms with Gasteiger partial charge in [-0.3, -0.25) is 14.2 Å². The van der Waals surface area contributed by atoms with Gasteiger partial charge in [-0.2, -0.15) is 0 Å². The van der Waals surface area contributed by atoms with Gasteiger partial charge < -0.3 is 5.32 Å². The number of amides is 1. The molecule has 0 aliphatic heterocycles. The van der Waals surface area contributed by atoms with Crippen LogP contribution in [-0.2, 0) is 6.54 Å². The number of benzene rings is 2. The van der Waals surface area contributed by atoms with E-state index in [0.29, 0.717) is 23.0 Å². The summed E-state index contributed by atoms with van der Waals surface area (Å²) in [5, 5.41) is 5.33. The SMILES string of the molecule is O=C(NCc1cccs1)c1ccc2c(=O)n(-c3ccccc3)cnc2c1. The Morgan fingerprint density at radius 3 is 2.69 bits per heavy atom. The first kappa shape index (κ1) is 16.2. The number of hydrogen-bond acceptors (Lipinski definition) is 4. The summed E-state index contributed by atoms with van der Waals surface area (Å²) in [6.45, 7) is 0.484. The Morgan fingerprint density at radius 2 is 1.92 bits per heavy atom. The minimum atomic E-state index is -0.186. The van der Waals surface area contributed by atoms with Crippen molar-refractivity contribution in [2.75, 3.05) is 0 Å². The van der Waals surface area contributed by atoms with E-state index in [1.807, 2.05) is 47.8 Å². The second kappa shape index (κ2) is 6.93. The van der Waals surface area contributed by atoms with E-state index in [0.717, 1.165) is 10.6 Å². The molecule has 6 heteroatoms. The normalized spacial score (nSPS) is 10.8. The first-order chi connectivity index (χ1) is 12.7. The van der Waals surface area contributed by atoms with Crippen LogP contribution in [0.1, 0.15) is 15.2 Å². The van der Waals surface area contributed by atoms with E-state index < -0.39 is 0 Å². The maximum atomic E-state index is 12.7. The summed E-state index contributed by atoms with van der Waals surface area (Å²) >= 11 is 1.59. The number of para-hydroxylation sites is 1. The molecule has 0 aliphatic carbocycles. The molecule has 0 spiro atoms. The van der Waals surface area contributed by atoms with Crippen LogP contribution in [0.2, 0.25) is 0 Å². The number of hydrogen-bond donors (Lipinski definition) is 1. The maximum Gasteiger partial charge on any atom is 0.265 e. The third kappa shape index (κ3) is 3.14. The predicted octanol–water partition coefficient (Wildman–Crippen LogP) is 3.38. The fraction of sp³-hybridized carbons (Fsp3) is 0.0500. The molecular weight excluding hydrogens is 346 g/mol. The van der Waals surface area contributed by atoms with E-state index >= 15 is 0 Å². The lowest BCUT2D eigenvalue weighted by molar-refractivity contribution is 0.0951. The number of carbonyl (C=O) groups excluding carboxylic acids is 1. The predicted molar refractivity (Wildman–Crippen MR) is 103 cm³/mol. The van der Waals surface area contributed by atoms with Crippen LogP contribution in [0.25, 0.3) is 16.6 Å². The molecule has 0 unspecified atom stereocenters. The van der Waals surface area contributed by atoms with Crippen molar-refractivity contribution in [1.82, 2.24) is 14.9 Å². The van der Waals surface area contributed by atoms with E-state index in [4.69, 9.17) is 0 Å². The molecule has 2 aromatic heterocycles. The first-order valence-electron chi connectivity index (χ1n) is 8.10. The zero-order chi connectivity index (χ0) is 17.9. The van der Waals surface area contributed by atoms with Crippen molar-refractivity contribution in [2.24, 2.45) is 0 Å². The average molecular weight is 361 g/mol. The molecule has 0 fully saturated rings. The van der Waals surface area contributed by atoms with Crippen molar-refractivity contribution < 1.29 is 4.79 Å². The standard InChI is InChI=1S/C20H15N3O2S/c24-19(21-12-16-7-4-10-26-16)14-8-9-17-18(11-14)22-13-23(20(17)25)15-5-2-1-3-6-15/h1-11,13H,12H2,(H,21,24). The molecule has 26 heavy (non-hydrogen) atoms. The highest BCUT2D eigenvalue weighted by Crippen LogP contribution is 2.13. The van der Waals surface area contributed by atoms with Crippen LogP contribution < -0.4 is 10.9 Å². The van der Waals surface area contributed by atoms with Crippen LogP contribution in [0.5, 0.6) is 0 Å². The molecule has 0 saturated heterocycles. The van der Waals surface area contributed by atoms with Gasteiger partial charge in [-0.25, -0.2) is 4.98 Å². The fourth-order valence-corrected chi connectivity index (χ4v) is 3.36. The van der Waals surface area contributed by atoms with Gasteiger partial charge in [-0.1, -0.05) is 24.3 Å². The number of fused-ring (bicyclic) bond motifs is 1. The summed E-state index contributed by atoms with van der Waals surface area (Å²) in [7, 11) is 0. The summed E-state index contributed by atoms with van der Waals surface area (Å²) in [5.74, 6) is -0.186. The second-order valence-corrected chi connectivity index (χ2v) is 6.78. The highest BCUT2D eigenvalue weighted by molar-refractivity contribution is 7.09. The van der Waals surface area contributed by atoms with E-state index in [2.05, 4.69) is 10.3 Å². The van der Waals surface area contributed by atoms with Crippen LogP contribution in [0, 0.1) is 0 Å². The Hall–Kier alpha value is -3.25. The van der Waals surface area contributed by atoms with Crippen LogP contribution in [-0.4, -0.2) is 15.5 Å². The largest absolute Gasteiger partial charge is 0.347 e. The molecule has 1 N–H and O–H groups in total. The molecule has 4 rings (SSSR count). The second-order valence-electron chi connectivity index (χ2n) is 5.75. The Kier molecular flexibility index (Phi) is 4.33. The van der Waals surface area contributed by atoms with Gasteiger partial charge in [0, 0.05) is 10.4 Å². The lowest BCUT2D eigenvalue weighted by atomic mass is 10.1. The van der Waals surface area contributed by atoms with Crippen molar-refractivity contribution in [3.8, 4) is 5.69 Å². The van der Waals surface area contributed by atoms with E-state index in [1.165, 1.54) is 10.9 Å². The van der Waals surface area contributed by atoms with Gasteiger partial charge in [0.05, 0.1) is 23.1 Å². The number of rotatable bonds is 4. The summed E-state index contributed by atoms with van der Waals surface area (Å²) < 4.78 is 1.50. The smallest absolute Gasteiger partial charge is 0.265 e. The number of aromatic nitrogens is 2. The van der Waals surface area contributed by atoms with Gasteiger partial charge in [0.2, 0.25) is 0 Å². The van der Waals surface area contributed by atoms with Crippen LogP contribution >= 0.6 is 11.3 Å². The molecule has 1 amide bonds. The van der Waals surface area contributed by atoms with Gasteiger partial charge in [0.1, 0.15) is 6.33 Å². The summed E-state index contributed by atoms with van der Waals surface area (Å²) in [5.41, 5.74) is 1.58. The summed E-state index contributed by atoms with van der Waals surface area (Å²) in [6, 6.07) is 18.2. The lowest BCUT2D eigenvalue weighted by Crippen LogP contribution is -2.23. The molecule has 0 saturated carbocycles. The number of nitrogens with zero attached hydrogens (tertiary/aromatic N) is 2. The van der Waals surface area contributed by atoms with Gasteiger partial charge in [0.25, 0.3) is 11.5 Å². The van der Waals surface area contributed by atoms with Crippen molar-refractivity contribution >= 4 is 28.1 Å². The van der Waals surface area contributed by atoms with Gasteiger partial charge in [-0.05, 0) is 41.8 Å². The van der Waals surface area contributed by atoms with Crippen LogP contribution in [0.4, 0.5) is 0 Å². The molecular formula is C20H15N3O2S. The van der Waals surface area contributed by atoms with E-state index in [9.17, 15) is 9.59 Å². The first-order valence-corrected chi connectivity index (χ1v) is 8.98. The fourth-order valence-electron chi connectivity index (χ4n) is 2.72. The van der Waals surface area contributed by atoms with Crippen molar-refractivity contribution in [1.29, 1.82) is 0 Å². The maximum absolute atomic E-state index is 12.7. The van der Waals surface area contributed by atoms with E-state index in [1.54, 1.807) is 29.5 Å². The Balaban J connectivity index is 1.64. The monoisotopic (exact) mass is 361 g/mol. The third-order valence-electron chi connectivity index (χ3n) is 4.06. The summed E-state index contributed by atoms with van der Waals surface area (Å²) in [6.07, 6.45) is 1.49. The number of carbonyl (C=O) groups is 1. The molecule has 0 bridgehead atoms. The molecule has 4 aromatic rings. The Labute approximate surface area is 153 Å². The Bertz CT molecular complexity index is 1120. The molecule has 128 valence electrons. The minimum absolute atomic E-state index is 0.160. The average Bonchev–Trinajstić information content (AvgIpc) is 3.20. The molecule has 2 heterocycles. The highest BCUT2D eigenvalue weighted by Gasteiger charge is 2.10. The van der Waals surface area contributed by atoms with Gasteiger partial charge >= 0.3 is 0 Å². The summed E-state index contributed by atoms with van der Waals surface area (Å²) in [4.78, 5) is 30.5. The zero-order valence-electron chi connectivity index (χ0n) is 13.8. The number of thiophene rings is 1. The van der Waals surface area contributed by atoms with E-state index in [-0.39, 0.29) is 11.5 Å². The molecule has 0 radical (unpaired) electrons. The lowest BCUT2D eigenvalue weighted by Gasteiger charge is -2.08. The minimum Gasteiger partial charge on any atom is -0.347 e. The zero-order valence-corrected chi connectivity index (χ0v) is 14.6. The highest BCUT2D eigenvalue weighted by atomic mass is 32.1. The van der Waals surface area contributed by atoms with Crippen molar-refractivity contribution in [3.05, 3.63) is 93.2 Å². The van der Waals surface area contributed by atoms with Gasteiger partial charge in [0.15, 0.2) is 0 Å². The van der Waals surface area contributed by atoms with Crippen molar-refractivity contribution in [2.45, 2.75) is 6.54 Å². The Morgan fingerprint density at radius 1 is 1.08 bits per heavy atom. The topological polar surface area (TPSA) is 64.0 Å². The molecule has 0 atom stereocenters. The van der Waals surface area contributed by atoms with Crippen LogP contribution in [0.3, 0.4) is 0 Å². The quantitative estimate of drug-likeness (QED) is 0.606.